The number of nitrogens with zero attached hydrogens (tertiary/aromatic N) is 4. The minimum Gasteiger partial charge on any atom is -0.384 e. The molecule has 2 heterocycles. The Morgan fingerprint density at radius 3 is 2.55 bits per heavy atom. The van der Waals surface area contributed by atoms with Crippen molar-refractivity contribution in [2.45, 2.75) is 27.3 Å². The van der Waals surface area contributed by atoms with Gasteiger partial charge in [-0.3, -0.25) is 5.41 Å². The molecule has 0 aliphatic carbocycles. The van der Waals surface area contributed by atoms with Gasteiger partial charge in [0.15, 0.2) is 5.82 Å². The average Bonchev–Trinajstić information content (AvgIpc) is 2.77. The van der Waals surface area contributed by atoms with Crippen molar-refractivity contribution in [3.05, 3.63) is 32.9 Å². The van der Waals surface area contributed by atoms with Gasteiger partial charge in [0.2, 0.25) is 0 Å². The molecule has 106 valence electrons. The van der Waals surface area contributed by atoms with Crippen molar-refractivity contribution in [3.63, 3.8) is 0 Å². The van der Waals surface area contributed by atoms with Crippen molar-refractivity contribution in [1.82, 2.24) is 15.2 Å². The monoisotopic (exact) mass is 290 g/mol. The van der Waals surface area contributed by atoms with Gasteiger partial charge in [0.25, 0.3) is 0 Å². The first-order chi connectivity index (χ1) is 9.41. The number of hydrogen-bond acceptors (Lipinski definition) is 6. The molecule has 2 aromatic rings. The lowest BCUT2D eigenvalue weighted by molar-refractivity contribution is 0.849. The SMILES string of the molecule is Cc1ncsc1CN(C)c1nnc(C)c(C)c1C(=N)N. The van der Waals surface area contributed by atoms with Crippen molar-refractivity contribution in [2.24, 2.45) is 5.73 Å². The number of amidine groups is 1. The molecule has 0 amide bonds. The maximum Gasteiger partial charge on any atom is 0.162 e. The fourth-order valence-electron chi connectivity index (χ4n) is 1.95. The number of rotatable bonds is 4. The molecule has 0 spiro atoms. The van der Waals surface area contributed by atoms with Crippen LogP contribution in [-0.2, 0) is 6.54 Å². The maximum absolute atomic E-state index is 7.77. The highest BCUT2D eigenvalue weighted by molar-refractivity contribution is 7.09. The van der Waals surface area contributed by atoms with E-state index >= 15 is 0 Å². The molecule has 0 saturated carbocycles. The third-order valence-corrected chi connectivity index (χ3v) is 4.21. The smallest absolute Gasteiger partial charge is 0.162 e. The van der Waals surface area contributed by atoms with Crippen LogP contribution in [0.25, 0.3) is 0 Å². The van der Waals surface area contributed by atoms with E-state index in [4.69, 9.17) is 11.1 Å². The van der Waals surface area contributed by atoms with E-state index in [0.717, 1.165) is 17.0 Å². The highest BCUT2D eigenvalue weighted by Crippen LogP contribution is 2.23. The van der Waals surface area contributed by atoms with Gasteiger partial charge in [-0.2, -0.15) is 5.10 Å². The molecule has 20 heavy (non-hydrogen) atoms. The molecule has 2 rings (SSSR count). The van der Waals surface area contributed by atoms with Crippen LogP contribution in [0.4, 0.5) is 5.82 Å². The van der Waals surface area contributed by atoms with E-state index in [0.29, 0.717) is 17.9 Å². The van der Waals surface area contributed by atoms with Gasteiger partial charge >= 0.3 is 0 Å². The lowest BCUT2D eigenvalue weighted by Crippen LogP contribution is -2.25. The highest BCUT2D eigenvalue weighted by Gasteiger charge is 2.18. The highest BCUT2D eigenvalue weighted by atomic mass is 32.1. The van der Waals surface area contributed by atoms with E-state index < -0.39 is 0 Å². The van der Waals surface area contributed by atoms with Crippen molar-refractivity contribution < 1.29 is 0 Å². The number of hydrogen-bond donors (Lipinski definition) is 2. The molecule has 2 aromatic heterocycles. The van der Waals surface area contributed by atoms with Crippen molar-refractivity contribution >= 4 is 23.0 Å². The Morgan fingerprint density at radius 1 is 1.30 bits per heavy atom. The topological polar surface area (TPSA) is 91.8 Å². The summed E-state index contributed by atoms with van der Waals surface area (Å²) in [6.07, 6.45) is 0. The first-order valence-electron chi connectivity index (χ1n) is 6.20. The van der Waals surface area contributed by atoms with Crippen molar-refractivity contribution in [1.29, 1.82) is 5.41 Å². The van der Waals surface area contributed by atoms with E-state index in [1.54, 1.807) is 11.3 Å². The van der Waals surface area contributed by atoms with Crippen LogP contribution < -0.4 is 10.6 Å². The molecular formula is C13H18N6S. The summed E-state index contributed by atoms with van der Waals surface area (Å²) in [5.41, 5.74) is 10.9. The zero-order valence-electron chi connectivity index (χ0n) is 12.1. The summed E-state index contributed by atoms with van der Waals surface area (Å²) >= 11 is 1.61. The van der Waals surface area contributed by atoms with E-state index in [1.807, 2.05) is 38.2 Å². The van der Waals surface area contributed by atoms with Crippen LogP contribution in [0.5, 0.6) is 0 Å². The van der Waals surface area contributed by atoms with Crippen LogP contribution >= 0.6 is 11.3 Å². The second-order valence-corrected chi connectivity index (χ2v) is 5.68. The summed E-state index contributed by atoms with van der Waals surface area (Å²) < 4.78 is 0. The van der Waals surface area contributed by atoms with Gasteiger partial charge in [0, 0.05) is 11.9 Å². The van der Waals surface area contributed by atoms with Crippen LogP contribution in [0.3, 0.4) is 0 Å². The fourth-order valence-corrected chi connectivity index (χ4v) is 2.78. The summed E-state index contributed by atoms with van der Waals surface area (Å²) in [5.74, 6) is 0.650. The number of aryl methyl sites for hydroxylation is 2. The molecule has 0 radical (unpaired) electrons. The summed E-state index contributed by atoms with van der Waals surface area (Å²) in [6, 6.07) is 0. The number of anilines is 1. The number of thiazole rings is 1. The van der Waals surface area contributed by atoms with Crippen LogP contribution in [0.15, 0.2) is 5.51 Å². The van der Waals surface area contributed by atoms with Crippen LogP contribution in [0.1, 0.15) is 27.4 Å². The molecule has 0 saturated heterocycles. The van der Waals surface area contributed by atoms with E-state index in [1.165, 1.54) is 4.88 Å². The summed E-state index contributed by atoms with van der Waals surface area (Å²) in [7, 11) is 1.92. The van der Waals surface area contributed by atoms with Gasteiger partial charge in [0.1, 0.15) is 5.84 Å². The third-order valence-electron chi connectivity index (χ3n) is 3.29. The van der Waals surface area contributed by atoms with Crippen LogP contribution in [0, 0.1) is 26.2 Å². The van der Waals surface area contributed by atoms with Crippen LogP contribution in [-0.4, -0.2) is 28.1 Å². The molecule has 0 fully saturated rings. The molecule has 0 aromatic carbocycles. The number of nitrogen functional groups attached to an aromatic ring is 1. The number of nitrogens with one attached hydrogen (secondary N) is 1. The lowest BCUT2D eigenvalue weighted by atomic mass is 10.1. The Kier molecular flexibility index (Phi) is 3.99. The summed E-state index contributed by atoms with van der Waals surface area (Å²) in [4.78, 5) is 7.37. The Labute approximate surface area is 122 Å². The molecule has 3 N–H and O–H groups in total. The molecule has 7 heteroatoms. The molecule has 0 unspecified atom stereocenters. The van der Waals surface area contributed by atoms with E-state index in [2.05, 4.69) is 15.2 Å². The van der Waals surface area contributed by atoms with Gasteiger partial charge in [0.05, 0.1) is 29.0 Å². The zero-order valence-corrected chi connectivity index (χ0v) is 12.9. The number of aromatic nitrogens is 3. The predicted octanol–water partition coefficient (Wildman–Crippen LogP) is 1.78. The number of nitrogens with two attached hydrogens (primary N) is 1. The largest absolute Gasteiger partial charge is 0.384 e. The van der Waals surface area contributed by atoms with Gasteiger partial charge in [-0.25, -0.2) is 4.98 Å². The second-order valence-electron chi connectivity index (χ2n) is 4.74. The Hall–Kier alpha value is -2.02. The standard InChI is InChI=1S/C13H18N6S/c1-7-8(2)17-18-13(11(7)12(14)15)19(4)5-10-9(3)16-6-20-10/h6H,5H2,1-4H3,(H3,14,15). The second kappa shape index (κ2) is 5.54. The van der Waals surface area contributed by atoms with Gasteiger partial charge in [-0.1, -0.05) is 0 Å². The van der Waals surface area contributed by atoms with Gasteiger partial charge in [-0.05, 0) is 26.3 Å². The molecule has 0 bridgehead atoms. The van der Waals surface area contributed by atoms with E-state index in [-0.39, 0.29) is 5.84 Å². The molecule has 0 aliphatic heterocycles. The minimum absolute atomic E-state index is 0.0170. The zero-order chi connectivity index (χ0) is 14.9. The Morgan fingerprint density at radius 2 is 2.00 bits per heavy atom. The quantitative estimate of drug-likeness (QED) is 0.661. The minimum atomic E-state index is 0.0170. The third kappa shape index (κ3) is 2.62. The Bertz CT molecular complexity index is 648. The summed E-state index contributed by atoms with van der Waals surface area (Å²) in [6.45, 7) is 6.44. The first-order valence-corrected chi connectivity index (χ1v) is 7.08. The van der Waals surface area contributed by atoms with Gasteiger partial charge in [-0.15, -0.1) is 16.4 Å². The fraction of sp³-hybridized carbons (Fsp3) is 0.385. The normalized spacial score (nSPS) is 10.6. The lowest BCUT2D eigenvalue weighted by Gasteiger charge is -2.21. The average molecular weight is 290 g/mol. The first kappa shape index (κ1) is 14.4. The van der Waals surface area contributed by atoms with E-state index in [9.17, 15) is 0 Å². The summed E-state index contributed by atoms with van der Waals surface area (Å²) in [5, 5.41) is 16.1. The molecule has 6 nitrogen and oxygen atoms in total. The molecule has 0 aliphatic rings. The maximum atomic E-state index is 7.77. The van der Waals surface area contributed by atoms with Crippen molar-refractivity contribution in [3.8, 4) is 0 Å². The van der Waals surface area contributed by atoms with Crippen molar-refractivity contribution in [2.75, 3.05) is 11.9 Å². The molecule has 0 atom stereocenters. The predicted molar refractivity (Wildman–Crippen MR) is 81.5 cm³/mol. The van der Waals surface area contributed by atoms with Crippen LogP contribution in [0.2, 0.25) is 0 Å². The van der Waals surface area contributed by atoms with Gasteiger partial charge < -0.3 is 10.6 Å². The molecular weight excluding hydrogens is 272 g/mol. The Balaban J connectivity index is 2.39.